The number of hydrogen-bond donors (Lipinski definition) is 3. The Kier molecular flexibility index (Phi) is 3.84. The van der Waals surface area contributed by atoms with Crippen LogP contribution in [0.2, 0.25) is 0 Å². The highest BCUT2D eigenvalue weighted by atomic mass is 32.2. The van der Waals surface area contributed by atoms with Crippen LogP contribution in [0, 0.1) is 20.8 Å². The summed E-state index contributed by atoms with van der Waals surface area (Å²) in [5.41, 5.74) is 2.78. The molecule has 0 fully saturated rings. The molecule has 0 bridgehead atoms. The monoisotopic (exact) mass is 308 g/mol. The molecule has 8 heteroatoms. The summed E-state index contributed by atoms with van der Waals surface area (Å²) in [6.45, 7) is 5.21. The lowest BCUT2D eigenvalue weighted by molar-refractivity contribution is 0.102. The summed E-state index contributed by atoms with van der Waals surface area (Å²) >= 11 is 0. The van der Waals surface area contributed by atoms with Crippen LogP contribution in [-0.4, -0.2) is 24.5 Å². The number of sulfonamides is 1. The number of hydrogen-bond acceptors (Lipinski definition) is 4. The second-order valence-electron chi connectivity index (χ2n) is 4.78. The van der Waals surface area contributed by atoms with Gasteiger partial charge >= 0.3 is 0 Å². The van der Waals surface area contributed by atoms with Gasteiger partial charge in [0, 0.05) is 11.4 Å². The largest absolute Gasteiger partial charge is 0.322 e. The third kappa shape index (κ3) is 3.11. The molecule has 1 aromatic carbocycles. The standard InChI is InChI=1S/C13H16N4O3S/c1-7-4-5-10(21(14,19)20)6-11(7)15-13(18)12-8(2)16-17-9(12)3/h4-6H,1-3H3,(H,15,18)(H,16,17)(H2,14,19,20). The number of aromatic nitrogens is 2. The van der Waals surface area contributed by atoms with Crippen LogP contribution < -0.4 is 10.5 Å². The quantitative estimate of drug-likeness (QED) is 0.790. The summed E-state index contributed by atoms with van der Waals surface area (Å²) in [4.78, 5) is 12.2. The summed E-state index contributed by atoms with van der Waals surface area (Å²) < 4.78 is 22.7. The van der Waals surface area contributed by atoms with E-state index in [2.05, 4.69) is 15.5 Å². The Morgan fingerprint density at radius 1 is 1.29 bits per heavy atom. The molecule has 1 amide bonds. The molecule has 0 radical (unpaired) electrons. The first-order chi connectivity index (χ1) is 9.70. The van der Waals surface area contributed by atoms with Crippen molar-refractivity contribution in [2.45, 2.75) is 25.7 Å². The number of nitrogens with zero attached hydrogens (tertiary/aromatic N) is 1. The zero-order chi connectivity index (χ0) is 15.8. The van der Waals surface area contributed by atoms with Gasteiger partial charge in [-0.1, -0.05) is 6.07 Å². The van der Waals surface area contributed by atoms with E-state index in [1.165, 1.54) is 12.1 Å². The normalized spacial score (nSPS) is 11.4. The van der Waals surface area contributed by atoms with Crippen molar-refractivity contribution in [1.82, 2.24) is 10.2 Å². The van der Waals surface area contributed by atoms with E-state index in [0.717, 1.165) is 5.56 Å². The summed E-state index contributed by atoms with van der Waals surface area (Å²) in [7, 11) is -3.82. The molecule has 2 rings (SSSR count). The number of primary sulfonamides is 1. The minimum atomic E-state index is -3.82. The van der Waals surface area contributed by atoms with Crippen LogP contribution in [-0.2, 0) is 10.0 Å². The second-order valence-corrected chi connectivity index (χ2v) is 6.35. The number of amides is 1. The molecule has 7 nitrogen and oxygen atoms in total. The third-order valence-corrected chi connectivity index (χ3v) is 4.05. The lowest BCUT2D eigenvalue weighted by Gasteiger charge is -2.10. The highest BCUT2D eigenvalue weighted by molar-refractivity contribution is 7.89. The number of benzene rings is 1. The molecule has 0 aliphatic carbocycles. The molecule has 1 heterocycles. The van der Waals surface area contributed by atoms with Crippen molar-refractivity contribution in [3.05, 3.63) is 40.7 Å². The van der Waals surface area contributed by atoms with E-state index in [0.29, 0.717) is 22.6 Å². The van der Waals surface area contributed by atoms with Gasteiger partial charge in [0.15, 0.2) is 0 Å². The fourth-order valence-corrected chi connectivity index (χ4v) is 2.52. The number of nitrogens with one attached hydrogen (secondary N) is 2. The van der Waals surface area contributed by atoms with Gasteiger partial charge in [0.1, 0.15) is 0 Å². The zero-order valence-electron chi connectivity index (χ0n) is 11.9. The summed E-state index contributed by atoms with van der Waals surface area (Å²) in [6, 6.07) is 4.33. The van der Waals surface area contributed by atoms with E-state index < -0.39 is 10.0 Å². The zero-order valence-corrected chi connectivity index (χ0v) is 12.7. The smallest absolute Gasteiger partial charge is 0.259 e. The Balaban J connectivity index is 2.38. The average Bonchev–Trinajstić information content (AvgIpc) is 2.70. The Bertz CT molecular complexity index is 789. The maximum absolute atomic E-state index is 12.3. The molecule has 21 heavy (non-hydrogen) atoms. The molecule has 0 aliphatic rings. The van der Waals surface area contributed by atoms with Crippen molar-refractivity contribution < 1.29 is 13.2 Å². The first-order valence-electron chi connectivity index (χ1n) is 6.16. The molecule has 0 atom stereocenters. The first kappa shape index (κ1) is 15.2. The van der Waals surface area contributed by atoms with Crippen LogP contribution in [0.5, 0.6) is 0 Å². The lowest BCUT2D eigenvalue weighted by Crippen LogP contribution is -2.16. The predicted octanol–water partition coefficient (Wildman–Crippen LogP) is 1.23. The molecule has 0 aliphatic heterocycles. The molecule has 112 valence electrons. The molecule has 0 spiro atoms. The number of carbonyl (C=O) groups excluding carboxylic acids is 1. The van der Waals surface area contributed by atoms with Crippen molar-refractivity contribution >= 4 is 21.6 Å². The van der Waals surface area contributed by atoms with Crippen molar-refractivity contribution in [2.75, 3.05) is 5.32 Å². The Labute approximate surface area is 122 Å². The van der Waals surface area contributed by atoms with Gasteiger partial charge < -0.3 is 5.32 Å². The summed E-state index contributed by atoms with van der Waals surface area (Å²) in [5.74, 6) is -0.353. The maximum atomic E-state index is 12.3. The summed E-state index contributed by atoms with van der Waals surface area (Å²) in [6.07, 6.45) is 0. The third-order valence-electron chi connectivity index (χ3n) is 3.14. The van der Waals surface area contributed by atoms with E-state index in [9.17, 15) is 13.2 Å². The number of aromatic amines is 1. The molecular weight excluding hydrogens is 292 g/mol. The van der Waals surface area contributed by atoms with Crippen LogP contribution >= 0.6 is 0 Å². The minimum Gasteiger partial charge on any atom is -0.322 e. The second kappa shape index (κ2) is 5.30. The molecular formula is C13H16N4O3S. The molecule has 0 saturated heterocycles. The van der Waals surface area contributed by atoms with Crippen molar-refractivity contribution in [3.8, 4) is 0 Å². The molecule has 4 N–H and O–H groups in total. The number of anilines is 1. The van der Waals surface area contributed by atoms with Gasteiger partial charge in [0.05, 0.1) is 16.2 Å². The SMILES string of the molecule is Cc1ccc(S(N)(=O)=O)cc1NC(=O)c1c(C)n[nH]c1C. The lowest BCUT2D eigenvalue weighted by atomic mass is 10.1. The number of rotatable bonds is 3. The van der Waals surface area contributed by atoms with Gasteiger partial charge in [0.2, 0.25) is 10.0 Å². The maximum Gasteiger partial charge on any atom is 0.259 e. The number of H-pyrrole nitrogens is 1. The van der Waals surface area contributed by atoms with Crippen molar-refractivity contribution in [3.63, 3.8) is 0 Å². The topological polar surface area (TPSA) is 118 Å². The highest BCUT2D eigenvalue weighted by Gasteiger charge is 2.17. The molecule has 1 aromatic heterocycles. The van der Waals surface area contributed by atoms with E-state index in [4.69, 9.17) is 5.14 Å². The fraction of sp³-hybridized carbons (Fsp3) is 0.231. The van der Waals surface area contributed by atoms with Gasteiger partial charge in [-0.3, -0.25) is 9.89 Å². The highest BCUT2D eigenvalue weighted by Crippen LogP contribution is 2.21. The van der Waals surface area contributed by atoms with Gasteiger partial charge in [-0.25, -0.2) is 13.6 Å². The minimum absolute atomic E-state index is 0.0518. The first-order valence-corrected chi connectivity index (χ1v) is 7.71. The van der Waals surface area contributed by atoms with E-state index in [1.54, 1.807) is 26.8 Å². The van der Waals surface area contributed by atoms with Gasteiger partial charge in [-0.2, -0.15) is 5.10 Å². The van der Waals surface area contributed by atoms with E-state index >= 15 is 0 Å². The number of carbonyl (C=O) groups is 1. The predicted molar refractivity (Wildman–Crippen MR) is 78.6 cm³/mol. The van der Waals surface area contributed by atoms with Gasteiger partial charge in [0.25, 0.3) is 5.91 Å². The molecule has 0 unspecified atom stereocenters. The van der Waals surface area contributed by atoms with Crippen molar-refractivity contribution in [1.29, 1.82) is 0 Å². The van der Waals surface area contributed by atoms with Crippen LogP contribution in [0.25, 0.3) is 0 Å². The summed E-state index contributed by atoms with van der Waals surface area (Å²) in [5, 5.41) is 14.5. The molecule has 2 aromatic rings. The van der Waals surface area contributed by atoms with Crippen LogP contribution in [0.3, 0.4) is 0 Å². The Hall–Kier alpha value is -2.19. The van der Waals surface area contributed by atoms with Gasteiger partial charge in [-0.05, 0) is 38.5 Å². The van der Waals surface area contributed by atoms with Crippen LogP contribution in [0.1, 0.15) is 27.3 Å². The Morgan fingerprint density at radius 2 is 1.95 bits per heavy atom. The Morgan fingerprint density at radius 3 is 2.48 bits per heavy atom. The van der Waals surface area contributed by atoms with Crippen molar-refractivity contribution in [2.24, 2.45) is 5.14 Å². The number of aryl methyl sites for hydroxylation is 3. The average molecular weight is 308 g/mol. The number of nitrogens with two attached hydrogens (primary N) is 1. The van der Waals surface area contributed by atoms with Gasteiger partial charge in [-0.15, -0.1) is 0 Å². The molecule has 0 saturated carbocycles. The van der Waals surface area contributed by atoms with E-state index in [1.807, 2.05) is 0 Å². The van der Waals surface area contributed by atoms with Crippen LogP contribution in [0.15, 0.2) is 23.1 Å². The fourth-order valence-electron chi connectivity index (χ4n) is 1.98. The van der Waals surface area contributed by atoms with Crippen LogP contribution in [0.4, 0.5) is 5.69 Å². The van der Waals surface area contributed by atoms with E-state index in [-0.39, 0.29) is 10.8 Å².